The van der Waals surface area contributed by atoms with Crippen LogP contribution >= 0.6 is 0 Å². The van der Waals surface area contributed by atoms with Gasteiger partial charge in [0.1, 0.15) is 11.3 Å². The maximum absolute atomic E-state index is 12.8. The molecule has 5 aromatic heterocycles. The number of nitrogens with one attached hydrogen (secondary N) is 2. The highest BCUT2D eigenvalue weighted by Crippen LogP contribution is 2.29. The predicted octanol–water partition coefficient (Wildman–Crippen LogP) is 5.59. The monoisotopic (exact) mass is 488 g/mol. The van der Waals surface area contributed by atoms with Gasteiger partial charge >= 0.3 is 6.18 Å². The summed E-state index contributed by atoms with van der Waals surface area (Å²) in [6.07, 6.45) is 1.47. The van der Waals surface area contributed by atoms with Crippen molar-refractivity contribution < 1.29 is 18.0 Å². The lowest BCUT2D eigenvalue weighted by Crippen LogP contribution is -2.16. The zero-order valence-corrected chi connectivity index (χ0v) is 19.0. The minimum atomic E-state index is -4.59. The molecule has 10 heteroatoms. The molecule has 5 aromatic rings. The Bertz CT molecular complexity index is 1560. The van der Waals surface area contributed by atoms with Crippen molar-refractivity contribution in [1.82, 2.24) is 24.9 Å². The van der Waals surface area contributed by atoms with Crippen molar-refractivity contribution in [2.45, 2.75) is 19.5 Å². The largest absolute Gasteiger partial charge is 0.433 e. The van der Waals surface area contributed by atoms with E-state index < -0.39 is 17.8 Å². The number of hydrogen-bond donors (Lipinski definition) is 2. The van der Waals surface area contributed by atoms with Crippen LogP contribution in [0.3, 0.4) is 0 Å². The van der Waals surface area contributed by atoms with E-state index in [2.05, 4.69) is 30.2 Å². The fourth-order valence-corrected chi connectivity index (χ4v) is 3.77. The van der Waals surface area contributed by atoms with E-state index in [0.717, 1.165) is 51.4 Å². The van der Waals surface area contributed by atoms with Crippen molar-refractivity contribution >= 4 is 22.6 Å². The number of aromatic nitrogens is 5. The zero-order valence-electron chi connectivity index (χ0n) is 19.0. The number of amides is 1. The van der Waals surface area contributed by atoms with Gasteiger partial charge in [0.15, 0.2) is 0 Å². The number of nitrogens with zero attached hydrogens (tertiary/aromatic N) is 4. The second-order valence-corrected chi connectivity index (χ2v) is 8.22. The average Bonchev–Trinajstić information content (AvgIpc) is 3.28. The van der Waals surface area contributed by atoms with Crippen LogP contribution in [0.4, 0.5) is 18.9 Å². The Morgan fingerprint density at radius 3 is 2.44 bits per heavy atom. The smallest absolute Gasteiger partial charge is 0.339 e. The molecule has 5 rings (SSSR count). The third-order valence-corrected chi connectivity index (χ3v) is 5.51. The molecule has 0 aliphatic carbocycles. The van der Waals surface area contributed by atoms with Gasteiger partial charge < -0.3 is 10.3 Å². The van der Waals surface area contributed by atoms with Crippen LogP contribution < -0.4 is 5.32 Å². The molecule has 5 heterocycles. The lowest BCUT2D eigenvalue weighted by atomic mass is 10.1. The third-order valence-electron chi connectivity index (χ3n) is 5.51. The van der Waals surface area contributed by atoms with Gasteiger partial charge in [0.05, 0.1) is 6.42 Å². The predicted molar refractivity (Wildman–Crippen MR) is 129 cm³/mol. The van der Waals surface area contributed by atoms with E-state index in [4.69, 9.17) is 0 Å². The molecule has 0 aliphatic rings. The molecular weight excluding hydrogens is 469 g/mol. The molecular formula is C26H19F3N6O. The number of anilines is 1. The van der Waals surface area contributed by atoms with Crippen LogP contribution in [0, 0.1) is 6.92 Å². The summed E-state index contributed by atoms with van der Waals surface area (Å²) in [5.74, 6) is -0.483. The fraction of sp³-hybridized carbons (Fsp3) is 0.115. The molecule has 0 radical (unpaired) electrons. The number of carbonyl (C=O) groups is 1. The van der Waals surface area contributed by atoms with E-state index >= 15 is 0 Å². The van der Waals surface area contributed by atoms with Gasteiger partial charge in [-0.1, -0.05) is 6.07 Å². The van der Waals surface area contributed by atoms with Gasteiger partial charge in [-0.15, -0.1) is 0 Å². The number of rotatable bonds is 5. The number of halogens is 3. The van der Waals surface area contributed by atoms with E-state index in [1.165, 1.54) is 6.07 Å². The van der Waals surface area contributed by atoms with Crippen molar-refractivity contribution in [3.05, 3.63) is 90.4 Å². The highest BCUT2D eigenvalue weighted by atomic mass is 19.4. The maximum atomic E-state index is 12.8. The summed E-state index contributed by atoms with van der Waals surface area (Å²) in [4.78, 5) is 32.0. The summed E-state index contributed by atoms with van der Waals surface area (Å²) in [6, 6.07) is 13.6. The quantitative estimate of drug-likeness (QED) is 0.336. The summed E-state index contributed by atoms with van der Waals surface area (Å²) in [5, 5.41) is 3.39. The van der Waals surface area contributed by atoms with Gasteiger partial charge in [0, 0.05) is 69.6 Å². The van der Waals surface area contributed by atoms with E-state index in [0.29, 0.717) is 5.69 Å². The van der Waals surface area contributed by atoms with Crippen LogP contribution in [0.5, 0.6) is 0 Å². The number of fused-ring (bicyclic) bond motifs is 1. The Balaban J connectivity index is 1.29. The van der Waals surface area contributed by atoms with Gasteiger partial charge in [0.2, 0.25) is 5.91 Å². The number of carbonyl (C=O) groups excluding carboxylic acids is 1. The van der Waals surface area contributed by atoms with E-state index in [1.807, 2.05) is 37.3 Å². The Morgan fingerprint density at radius 2 is 1.69 bits per heavy atom. The minimum absolute atomic E-state index is 0.0196. The van der Waals surface area contributed by atoms with E-state index in [1.54, 1.807) is 24.7 Å². The molecule has 180 valence electrons. The summed E-state index contributed by atoms with van der Waals surface area (Å²) in [6.45, 7) is 1.94. The summed E-state index contributed by atoms with van der Waals surface area (Å²) in [7, 11) is 0. The van der Waals surface area contributed by atoms with E-state index in [-0.39, 0.29) is 12.1 Å². The Labute approximate surface area is 203 Å². The Kier molecular flexibility index (Phi) is 5.93. The normalized spacial score (nSPS) is 11.6. The SMILES string of the molecule is Cc1cc(-c2cc3cc(-c4ccc(CC(=O)Nc5ccnc(C(F)(F)F)c5)nc4)cnc3[nH]2)ccn1. The van der Waals surface area contributed by atoms with Crippen LogP contribution in [0.15, 0.2) is 73.3 Å². The first kappa shape index (κ1) is 23.2. The van der Waals surface area contributed by atoms with Crippen molar-refractivity contribution in [1.29, 1.82) is 0 Å². The number of aryl methyl sites for hydroxylation is 1. The molecule has 2 N–H and O–H groups in total. The van der Waals surface area contributed by atoms with Crippen molar-refractivity contribution in [2.24, 2.45) is 0 Å². The molecule has 0 aromatic carbocycles. The number of H-pyrrole nitrogens is 1. The average molecular weight is 488 g/mol. The highest BCUT2D eigenvalue weighted by molar-refractivity contribution is 5.92. The van der Waals surface area contributed by atoms with E-state index in [9.17, 15) is 18.0 Å². The Hall–Kier alpha value is -4.60. The minimum Gasteiger partial charge on any atom is -0.339 e. The lowest BCUT2D eigenvalue weighted by Gasteiger charge is -2.09. The molecule has 0 fully saturated rings. The number of aromatic amines is 1. The molecule has 0 bridgehead atoms. The molecule has 0 spiro atoms. The topological polar surface area (TPSA) is 96.5 Å². The van der Waals surface area contributed by atoms with Crippen molar-refractivity contribution in [3.63, 3.8) is 0 Å². The number of pyridine rings is 4. The lowest BCUT2D eigenvalue weighted by molar-refractivity contribution is -0.141. The van der Waals surface area contributed by atoms with Gasteiger partial charge in [-0.2, -0.15) is 13.2 Å². The van der Waals surface area contributed by atoms with Crippen molar-refractivity contribution in [2.75, 3.05) is 5.32 Å². The van der Waals surface area contributed by atoms with Gasteiger partial charge in [0.25, 0.3) is 0 Å². The summed E-state index contributed by atoms with van der Waals surface area (Å²) >= 11 is 0. The zero-order chi connectivity index (χ0) is 25.3. The Morgan fingerprint density at radius 1 is 0.889 bits per heavy atom. The molecule has 1 amide bonds. The molecule has 7 nitrogen and oxygen atoms in total. The molecule has 0 saturated carbocycles. The number of hydrogen-bond acceptors (Lipinski definition) is 5. The first-order chi connectivity index (χ1) is 17.2. The maximum Gasteiger partial charge on any atom is 0.433 e. The standard InChI is InChI=1S/C26H19F3N6O/c1-15-8-16(4-6-30-15)22-10-18-9-19(14-33-25(18)35-22)17-2-3-20(32-13-17)12-24(36)34-21-5-7-31-23(11-21)26(27,28)29/h2-11,13-14H,12H2,1H3,(H,33,35)(H,31,34,36). The molecule has 0 aliphatic heterocycles. The summed E-state index contributed by atoms with van der Waals surface area (Å²) in [5.41, 5.74) is 4.75. The number of alkyl halides is 3. The highest BCUT2D eigenvalue weighted by Gasteiger charge is 2.32. The van der Waals surface area contributed by atoms with Crippen LogP contribution in [-0.4, -0.2) is 30.8 Å². The molecule has 0 unspecified atom stereocenters. The third kappa shape index (κ3) is 5.07. The first-order valence-corrected chi connectivity index (χ1v) is 10.9. The van der Waals surface area contributed by atoms with Crippen LogP contribution in [-0.2, 0) is 17.4 Å². The van der Waals surface area contributed by atoms with Crippen LogP contribution in [0.1, 0.15) is 17.1 Å². The molecule has 36 heavy (non-hydrogen) atoms. The summed E-state index contributed by atoms with van der Waals surface area (Å²) < 4.78 is 38.4. The second kappa shape index (κ2) is 9.21. The van der Waals surface area contributed by atoms with Gasteiger partial charge in [-0.3, -0.25) is 19.7 Å². The molecule has 0 atom stereocenters. The fourth-order valence-electron chi connectivity index (χ4n) is 3.77. The second-order valence-electron chi connectivity index (χ2n) is 8.22. The first-order valence-electron chi connectivity index (χ1n) is 10.9. The van der Waals surface area contributed by atoms with Crippen LogP contribution in [0.2, 0.25) is 0 Å². The van der Waals surface area contributed by atoms with Crippen LogP contribution in [0.25, 0.3) is 33.4 Å². The van der Waals surface area contributed by atoms with Crippen molar-refractivity contribution in [3.8, 4) is 22.4 Å². The van der Waals surface area contributed by atoms with Gasteiger partial charge in [-0.05, 0) is 49.4 Å². The molecule has 0 saturated heterocycles. The van der Waals surface area contributed by atoms with Gasteiger partial charge in [-0.25, -0.2) is 4.98 Å².